The van der Waals surface area contributed by atoms with E-state index in [0.29, 0.717) is 11.0 Å². The van der Waals surface area contributed by atoms with E-state index in [4.69, 9.17) is 16.1 Å². The lowest BCUT2D eigenvalue weighted by atomic mass is 10.1. The van der Waals surface area contributed by atoms with Gasteiger partial charge in [0, 0.05) is 11.6 Å². The molecule has 0 amide bonds. The van der Waals surface area contributed by atoms with Crippen LogP contribution in [0.4, 0.5) is 5.82 Å². The van der Waals surface area contributed by atoms with Gasteiger partial charge in [-0.15, -0.1) is 0 Å². The molecular weight excluding hydrogens is 240 g/mol. The number of aryl methyl sites for hydroxylation is 2. The Bertz CT molecular complexity index is 506. The Hall–Kier alpha value is -1.62. The number of anilines is 1. The summed E-state index contributed by atoms with van der Waals surface area (Å²) in [5.41, 5.74) is 1.92. The minimum atomic E-state index is 0.0483. The van der Waals surface area contributed by atoms with Crippen molar-refractivity contribution in [2.45, 2.75) is 26.8 Å². The molecular formula is C11H13ClN4O. The molecule has 2 aromatic rings. The molecule has 0 aromatic carbocycles. The third-order valence-corrected chi connectivity index (χ3v) is 2.73. The second-order valence-electron chi connectivity index (χ2n) is 3.83. The highest BCUT2D eigenvalue weighted by atomic mass is 35.5. The Morgan fingerprint density at radius 2 is 2.12 bits per heavy atom. The molecule has 90 valence electrons. The molecule has 0 radical (unpaired) electrons. The van der Waals surface area contributed by atoms with Crippen LogP contribution in [0.1, 0.15) is 30.0 Å². The molecule has 2 rings (SSSR count). The zero-order valence-corrected chi connectivity index (χ0v) is 10.6. The minimum Gasteiger partial charge on any atom is -0.363 e. The Morgan fingerprint density at radius 3 is 2.71 bits per heavy atom. The minimum absolute atomic E-state index is 0.0483. The first-order valence-electron chi connectivity index (χ1n) is 5.24. The molecule has 1 atom stereocenters. The van der Waals surface area contributed by atoms with E-state index in [1.807, 2.05) is 20.8 Å². The van der Waals surface area contributed by atoms with Crippen molar-refractivity contribution >= 4 is 17.4 Å². The fourth-order valence-corrected chi connectivity index (χ4v) is 1.96. The van der Waals surface area contributed by atoms with E-state index in [1.165, 1.54) is 6.33 Å². The topological polar surface area (TPSA) is 63.8 Å². The highest BCUT2D eigenvalue weighted by molar-refractivity contribution is 6.29. The first-order chi connectivity index (χ1) is 8.08. The van der Waals surface area contributed by atoms with Gasteiger partial charge in [0.1, 0.15) is 23.1 Å². The molecule has 5 nitrogen and oxygen atoms in total. The SMILES string of the molecule is Cc1noc(C)c1C(C)Nc1cc(Cl)ncn1. The van der Waals surface area contributed by atoms with Crippen molar-refractivity contribution in [2.75, 3.05) is 5.32 Å². The summed E-state index contributed by atoms with van der Waals surface area (Å²) in [6, 6.07) is 1.73. The zero-order chi connectivity index (χ0) is 12.4. The molecule has 0 aliphatic rings. The molecule has 17 heavy (non-hydrogen) atoms. The smallest absolute Gasteiger partial charge is 0.139 e. The summed E-state index contributed by atoms with van der Waals surface area (Å²) < 4.78 is 5.13. The first-order valence-corrected chi connectivity index (χ1v) is 5.62. The van der Waals surface area contributed by atoms with Crippen LogP contribution in [0.15, 0.2) is 16.9 Å². The molecule has 0 bridgehead atoms. The van der Waals surface area contributed by atoms with Crippen molar-refractivity contribution in [1.29, 1.82) is 0 Å². The molecule has 1 unspecified atom stereocenters. The number of nitrogens with zero attached hydrogens (tertiary/aromatic N) is 3. The van der Waals surface area contributed by atoms with Crippen LogP contribution in [0.25, 0.3) is 0 Å². The van der Waals surface area contributed by atoms with Crippen LogP contribution in [-0.2, 0) is 0 Å². The van der Waals surface area contributed by atoms with Gasteiger partial charge in [-0.3, -0.25) is 0 Å². The molecule has 6 heteroatoms. The van der Waals surface area contributed by atoms with Crippen molar-refractivity contribution in [3.05, 3.63) is 34.6 Å². The van der Waals surface area contributed by atoms with Gasteiger partial charge in [0.15, 0.2) is 0 Å². The maximum atomic E-state index is 5.79. The summed E-state index contributed by atoms with van der Waals surface area (Å²) in [4.78, 5) is 7.92. The van der Waals surface area contributed by atoms with E-state index in [-0.39, 0.29) is 6.04 Å². The summed E-state index contributed by atoms with van der Waals surface area (Å²) in [7, 11) is 0. The number of hydrogen-bond acceptors (Lipinski definition) is 5. The lowest BCUT2D eigenvalue weighted by Gasteiger charge is -2.14. The third kappa shape index (κ3) is 2.55. The highest BCUT2D eigenvalue weighted by Gasteiger charge is 2.16. The van der Waals surface area contributed by atoms with Crippen LogP contribution in [0.5, 0.6) is 0 Å². The number of nitrogens with one attached hydrogen (secondary N) is 1. The predicted octanol–water partition coefficient (Wildman–Crippen LogP) is 2.91. The second-order valence-corrected chi connectivity index (χ2v) is 4.22. The third-order valence-electron chi connectivity index (χ3n) is 2.52. The number of hydrogen-bond donors (Lipinski definition) is 1. The molecule has 0 saturated carbocycles. The zero-order valence-electron chi connectivity index (χ0n) is 9.86. The molecule has 0 aliphatic heterocycles. The Kier molecular flexibility index (Phi) is 3.28. The van der Waals surface area contributed by atoms with Crippen LogP contribution in [0.2, 0.25) is 5.15 Å². The Morgan fingerprint density at radius 1 is 1.35 bits per heavy atom. The maximum absolute atomic E-state index is 5.79. The molecule has 0 saturated heterocycles. The molecule has 1 N–H and O–H groups in total. The van der Waals surface area contributed by atoms with Crippen molar-refractivity contribution in [3.8, 4) is 0 Å². The van der Waals surface area contributed by atoms with Crippen LogP contribution >= 0.6 is 11.6 Å². The molecule has 0 spiro atoms. The van der Waals surface area contributed by atoms with E-state index in [1.54, 1.807) is 6.07 Å². The Balaban J connectivity index is 2.20. The largest absolute Gasteiger partial charge is 0.363 e. The van der Waals surface area contributed by atoms with Crippen molar-refractivity contribution < 1.29 is 4.52 Å². The van der Waals surface area contributed by atoms with Gasteiger partial charge in [-0.1, -0.05) is 16.8 Å². The van der Waals surface area contributed by atoms with Gasteiger partial charge in [-0.2, -0.15) is 0 Å². The van der Waals surface area contributed by atoms with Gasteiger partial charge in [-0.05, 0) is 20.8 Å². The Labute approximate surface area is 104 Å². The number of halogens is 1. The predicted molar refractivity (Wildman–Crippen MR) is 65.1 cm³/mol. The monoisotopic (exact) mass is 252 g/mol. The van der Waals surface area contributed by atoms with Gasteiger partial charge in [-0.25, -0.2) is 9.97 Å². The quantitative estimate of drug-likeness (QED) is 0.851. The van der Waals surface area contributed by atoms with E-state index >= 15 is 0 Å². The summed E-state index contributed by atoms with van der Waals surface area (Å²) in [5, 5.41) is 7.56. The van der Waals surface area contributed by atoms with Gasteiger partial charge in [0.25, 0.3) is 0 Å². The molecule has 0 fully saturated rings. The van der Waals surface area contributed by atoms with E-state index in [9.17, 15) is 0 Å². The van der Waals surface area contributed by atoms with E-state index < -0.39 is 0 Å². The van der Waals surface area contributed by atoms with Crippen molar-refractivity contribution in [1.82, 2.24) is 15.1 Å². The second kappa shape index (κ2) is 4.71. The van der Waals surface area contributed by atoms with Gasteiger partial charge < -0.3 is 9.84 Å². The first kappa shape index (κ1) is 11.9. The van der Waals surface area contributed by atoms with Gasteiger partial charge in [0.2, 0.25) is 0 Å². The normalized spacial score (nSPS) is 12.5. The van der Waals surface area contributed by atoms with Crippen LogP contribution in [0, 0.1) is 13.8 Å². The van der Waals surface area contributed by atoms with E-state index in [2.05, 4.69) is 20.4 Å². The highest BCUT2D eigenvalue weighted by Crippen LogP contribution is 2.24. The van der Waals surface area contributed by atoms with Crippen LogP contribution < -0.4 is 5.32 Å². The summed E-state index contributed by atoms with van der Waals surface area (Å²) >= 11 is 5.79. The van der Waals surface area contributed by atoms with Crippen LogP contribution in [0.3, 0.4) is 0 Å². The fraction of sp³-hybridized carbons (Fsp3) is 0.364. The number of rotatable bonds is 3. The maximum Gasteiger partial charge on any atom is 0.139 e. The molecule has 2 heterocycles. The van der Waals surface area contributed by atoms with E-state index in [0.717, 1.165) is 17.0 Å². The van der Waals surface area contributed by atoms with Crippen molar-refractivity contribution in [3.63, 3.8) is 0 Å². The summed E-state index contributed by atoms with van der Waals surface area (Å²) in [5.74, 6) is 1.49. The van der Waals surface area contributed by atoms with Gasteiger partial charge >= 0.3 is 0 Å². The van der Waals surface area contributed by atoms with Crippen LogP contribution in [-0.4, -0.2) is 15.1 Å². The average Bonchev–Trinajstić information content (AvgIpc) is 2.58. The summed E-state index contributed by atoms with van der Waals surface area (Å²) in [6.07, 6.45) is 1.42. The number of aromatic nitrogens is 3. The molecule has 0 aliphatic carbocycles. The molecule has 2 aromatic heterocycles. The fourth-order valence-electron chi connectivity index (χ4n) is 1.81. The lowest BCUT2D eigenvalue weighted by Crippen LogP contribution is -2.09. The standard InChI is InChI=1S/C11H13ClN4O/c1-6(11-7(2)16-17-8(11)3)15-10-4-9(12)13-5-14-10/h4-6H,1-3H3,(H,13,14,15). The summed E-state index contributed by atoms with van der Waals surface area (Å²) in [6.45, 7) is 5.82. The lowest BCUT2D eigenvalue weighted by molar-refractivity contribution is 0.392. The average molecular weight is 253 g/mol. The van der Waals surface area contributed by atoms with Crippen molar-refractivity contribution in [2.24, 2.45) is 0 Å². The van der Waals surface area contributed by atoms with Gasteiger partial charge in [0.05, 0.1) is 11.7 Å².